The van der Waals surface area contributed by atoms with Gasteiger partial charge in [0.2, 0.25) is 5.88 Å². The van der Waals surface area contributed by atoms with E-state index in [1.807, 2.05) is 25.1 Å². The highest BCUT2D eigenvalue weighted by molar-refractivity contribution is 9.10. The van der Waals surface area contributed by atoms with Gasteiger partial charge in [0.05, 0.1) is 0 Å². The summed E-state index contributed by atoms with van der Waals surface area (Å²) in [6.45, 7) is 1.93. The second-order valence-electron chi connectivity index (χ2n) is 3.98. The standard InChI is InChI=1S/C12H9BrN4O2/c1-7-6-8(13)2-3-9(7)19-11-5-4-10-14-15-12(18)17(10)16-11/h2-6H,1H3,(H,15,18). The summed E-state index contributed by atoms with van der Waals surface area (Å²) in [5, 5.41) is 10.2. The molecule has 1 aromatic carbocycles. The summed E-state index contributed by atoms with van der Waals surface area (Å²) in [7, 11) is 0. The van der Waals surface area contributed by atoms with Gasteiger partial charge in [-0.2, -0.15) is 9.61 Å². The monoisotopic (exact) mass is 320 g/mol. The Kier molecular flexibility index (Phi) is 2.83. The average Bonchev–Trinajstić information content (AvgIpc) is 2.75. The van der Waals surface area contributed by atoms with E-state index in [1.165, 1.54) is 0 Å². The summed E-state index contributed by atoms with van der Waals surface area (Å²) in [5.74, 6) is 1.02. The third kappa shape index (κ3) is 2.24. The van der Waals surface area contributed by atoms with Gasteiger partial charge in [-0.15, -0.1) is 5.10 Å². The van der Waals surface area contributed by atoms with Crippen molar-refractivity contribution in [3.8, 4) is 11.6 Å². The van der Waals surface area contributed by atoms with Crippen LogP contribution in [0, 0.1) is 6.92 Å². The minimum atomic E-state index is -0.395. The molecule has 1 N–H and O–H groups in total. The Labute approximate surface area is 116 Å². The molecule has 0 bridgehead atoms. The molecule has 7 heteroatoms. The van der Waals surface area contributed by atoms with E-state index in [9.17, 15) is 4.79 Å². The molecule has 0 amide bonds. The highest BCUT2D eigenvalue weighted by Crippen LogP contribution is 2.26. The molecule has 0 atom stereocenters. The van der Waals surface area contributed by atoms with Crippen molar-refractivity contribution in [2.75, 3.05) is 0 Å². The Morgan fingerprint density at radius 1 is 1.32 bits per heavy atom. The first-order chi connectivity index (χ1) is 9.13. The van der Waals surface area contributed by atoms with Crippen molar-refractivity contribution in [2.45, 2.75) is 6.92 Å². The topological polar surface area (TPSA) is 72.3 Å². The maximum absolute atomic E-state index is 11.4. The fourth-order valence-corrected chi connectivity index (χ4v) is 2.16. The number of ether oxygens (including phenoxy) is 1. The first-order valence-corrected chi connectivity index (χ1v) is 6.31. The fourth-order valence-electron chi connectivity index (χ4n) is 1.68. The number of hydrogen-bond donors (Lipinski definition) is 1. The number of aryl methyl sites for hydroxylation is 1. The smallest absolute Gasteiger partial charge is 0.364 e. The van der Waals surface area contributed by atoms with Crippen molar-refractivity contribution in [2.24, 2.45) is 0 Å². The van der Waals surface area contributed by atoms with Gasteiger partial charge in [-0.1, -0.05) is 15.9 Å². The third-order valence-electron chi connectivity index (χ3n) is 2.60. The Morgan fingerprint density at radius 2 is 2.16 bits per heavy atom. The van der Waals surface area contributed by atoms with Gasteiger partial charge in [-0.25, -0.2) is 9.89 Å². The molecule has 0 saturated heterocycles. The fraction of sp³-hybridized carbons (Fsp3) is 0.0833. The van der Waals surface area contributed by atoms with Gasteiger partial charge >= 0.3 is 5.69 Å². The molecule has 19 heavy (non-hydrogen) atoms. The van der Waals surface area contributed by atoms with Crippen molar-refractivity contribution in [3.63, 3.8) is 0 Å². The van der Waals surface area contributed by atoms with Crippen LogP contribution in [0.3, 0.4) is 0 Å². The largest absolute Gasteiger partial charge is 0.437 e. The van der Waals surface area contributed by atoms with Crippen molar-refractivity contribution in [3.05, 3.63) is 50.9 Å². The molecule has 3 rings (SSSR count). The summed E-state index contributed by atoms with van der Waals surface area (Å²) < 4.78 is 7.80. The number of fused-ring (bicyclic) bond motifs is 1. The van der Waals surface area contributed by atoms with Crippen LogP contribution in [-0.2, 0) is 0 Å². The lowest BCUT2D eigenvalue weighted by Gasteiger charge is -2.07. The molecule has 0 fully saturated rings. The zero-order valence-electron chi connectivity index (χ0n) is 9.92. The molecule has 2 heterocycles. The maximum atomic E-state index is 11.4. The maximum Gasteiger partial charge on any atom is 0.364 e. The van der Waals surface area contributed by atoms with Crippen LogP contribution in [0.25, 0.3) is 5.65 Å². The van der Waals surface area contributed by atoms with Crippen LogP contribution >= 0.6 is 15.9 Å². The Bertz CT molecular complexity index is 809. The van der Waals surface area contributed by atoms with E-state index in [0.717, 1.165) is 14.6 Å². The van der Waals surface area contributed by atoms with Crippen LogP contribution < -0.4 is 10.4 Å². The predicted octanol–water partition coefficient (Wildman–Crippen LogP) is 2.28. The summed E-state index contributed by atoms with van der Waals surface area (Å²) in [5.41, 5.74) is 1.02. The average molecular weight is 321 g/mol. The zero-order valence-corrected chi connectivity index (χ0v) is 11.5. The number of nitrogens with one attached hydrogen (secondary N) is 1. The molecule has 3 aromatic rings. The number of halogens is 1. The summed E-state index contributed by atoms with van der Waals surface area (Å²) in [6.07, 6.45) is 0. The van der Waals surface area contributed by atoms with E-state index in [4.69, 9.17) is 4.74 Å². The lowest BCUT2D eigenvalue weighted by molar-refractivity contribution is 0.448. The van der Waals surface area contributed by atoms with Crippen LogP contribution in [0.5, 0.6) is 11.6 Å². The zero-order chi connectivity index (χ0) is 13.4. The van der Waals surface area contributed by atoms with Gasteiger partial charge in [-0.05, 0) is 36.8 Å². The van der Waals surface area contributed by atoms with E-state index in [-0.39, 0.29) is 0 Å². The molecule has 2 aromatic heterocycles. The van der Waals surface area contributed by atoms with Gasteiger partial charge in [0.25, 0.3) is 0 Å². The Morgan fingerprint density at radius 3 is 2.95 bits per heavy atom. The minimum Gasteiger partial charge on any atom is -0.437 e. The van der Waals surface area contributed by atoms with Crippen LogP contribution in [0.15, 0.2) is 39.6 Å². The Hall–Kier alpha value is -2.15. The van der Waals surface area contributed by atoms with E-state index in [1.54, 1.807) is 12.1 Å². The summed E-state index contributed by atoms with van der Waals surface area (Å²) in [6, 6.07) is 8.98. The molecule has 6 nitrogen and oxygen atoms in total. The normalized spacial score (nSPS) is 10.8. The molecule has 0 radical (unpaired) electrons. The van der Waals surface area contributed by atoms with Crippen molar-refractivity contribution in [1.82, 2.24) is 19.8 Å². The highest BCUT2D eigenvalue weighted by atomic mass is 79.9. The van der Waals surface area contributed by atoms with E-state index < -0.39 is 5.69 Å². The quantitative estimate of drug-likeness (QED) is 0.786. The lowest BCUT2D eigenvalue weighted by Crippen LogP contribution is -2.12. The van der Waals surface area contributed by atoms with Crippen LogP contribution in [0.2, 0.25) is 0 Å². The summed E-state index contributed by atoms with van der Waals surface area (Å²) >= 11 is 3.39. The molecular formula is C12H9BrN4O2. The number of rotatable bonds is 2. The van der Waals surface area contributed by atoms with Gasteiger partial charge in [-0.3, -0.25) is 0 Å². The molecule has 0 unspecified atom stereocenters. The minimum absolute atomic E-state index is 0.335. The van der Waals surface area contributed by atoms with Gasteiger partial charge in [0.15, 0.2) is 5.65 Å². The van der Waals surface area contributed by atoms with Crippen molar-refractivity contribution >= 4 is 21.6 Å². The van der Waals surface area contributed by atoms with Gasteiger partial charge in [0, 0.05) is 10.5 Å². The number of nitrogens with zero attached hydrogens (tertiary/aromatic N) is 3. The third-order valence-corrected chi connectivity index (χ3v) is 3.09. The molecule has 96 valence electrons. The summed E-state index contributed by atoms with van der Waals surface area (Å²) in [4.78, 5) is 11.4. The van der Waals surface area contributed by atoms with E-state index in [0.29, 0.717) is 17.3 Å². The van der Waals surface area contributed by atoms with E-state index >= 15 is 0 Å². The molecular weight excluding hydrogens is 312 g/mol. The lowest BCUT2D eigenvalue weighted by atomic mass is 10.2. The number of aromatic nitrogens is 4. The first kappa shape index (κ1) is 11.9. The van der Waals surface area contributed by atoms with Crippen LogP contribution in [0.4, 0.5) is 0 Å². The first-order valence-electron chi connectivity index (χ1n) is 5.52. The second-order valence-corrected chi connectivity index (χ2v) is 4.90. The van der Waals surface area contributed by atoms with Crippen LogP contribution in [0.1, 0.15) is 5.56 Å². The highest BCUT2D eigenvalue weighted by Gasteiger charge is 2.06. The molecule has 0 spiro atoms. The number of benzene rings is 1. The van der Waals surface area contributed by atoms with Gasteiger partial charge < -0.3 is 4.74 Å². The van der Waals surface area contributed by atoms with E-state index in [2.05, 4.69) is 31.2 Å². The molecule has 0 aliphatic carbocycles. The number of hydrogen-bond acceptors (Lipinski definition) is 4. The predicted molar refractivity (Wildman–Crippen MR) is 72.6 cm³/mol. The number of aromatic amines is 1. The van der Waals surface area contributed by atoms with Crippen molar-refractivity contribution in [1.29, 1.82) is 0 Å². The van der Waals surface area contributed by atoms with Gasteiger partial charge in [0.1, 0.15) is 5.75 Å². The number of H-pyrrole nitrogens is 1. The second kappa shape index (κ2) is 4.51. The SMILES string of the molecule is Cc1cc(Br)ccc1Oc1ccc2n[nH]c(=O)n2n1. The molecule has 0 aliphatic rings. The van der Waals surface area contributed by atoms with Crippen molar-refractivity contribution < 1.29 is 4.74 Å². The molecule has 0 aliphatic heterocycles. The molecule has 0 saturated carbocycles. The Balaban J connectivity index is 2.00. The van der Waals surface area contributed by atoms with Crippen LogP contribution in [-0.4, -0.2) is 19.8 Å².